The summed E-state index contributed by atoms with van der Waals surface area (Å²) in [6, 6.07) is 22.6. The van der Waals surface area contributed by atoms with Gasteiger partial charge in [-0.3, -0.25) is 19.0 Å². The molecule has 346 valence electrons. The minimum absolute atomic E-state index is 0.0634. The van der Waals surface area contributed by atoms with E-state index in [9.17, 15) is 36.4 Å². The number of hydrogen-bond acceptors (Lipinski definition) is 13. The predicted octanol–water partition coefficient (Wildman–Crippen LogP) is 6.42. The smallest absolute Gasteiger partial charge is 0.330 e. The van der Waals surface area contributed by atoms with Crippen LogP contribution in [-0.2, 0) is 42.0 Å². The Bertz CT molecular complexity index is 3210. The number of halogens is 2. The number of esters is 2. The molecule has 17 nitrogen and oxygen atoms in total. The van der Waals surface area contributed by atoms with Crippen LogP contribution in [0.25, 0.3) is 45.0 Å². The number of sulfone groups is 1. The van der Waals surface area contributed by atoms with E-state index < -0.39 is 56.2 Å². The molecule has 1 N–H and O–H groups in total. The van der Waals surface area contributed by atoms with Gasteiger partial charge in [-0.25, -0.2) is 56.1 Å². The van der Waals surface area contributed by atoms with Gasteiger partial charge in [0.15, 0.2) is 0 Å². The summed E-state index contributed by atoms with van der Waals surface area (Å²) in [5.74, 6) is -1.46. The minimum atomic E-state index is -3.72. The van der Waals surface area contributed by atoms with Crippen LogP contribution in [0.4, 0.5) is 14.7 Å². The van der Waals surface area contributed by atoms with Gasteiger partial charge >= 0.3 is 11.9 Å². The zero-order valence-electron chi connectivity index (χ0n) is 36.8. The van der Waals surface area contributed by atoms with Gasteiger partial charge in [0.1, 0.15) is 23.7 Å². The molecule has 0 unspecified atom stereocenters. The zero-order chi connectivity index (χ0) is 47.6. The fraction of sp³-hybridized carbons (Fsp3) is 0.277. The van der Waals surface area contributed by atoms with Crippen LogP contribution in [0, 0.1) is 11.6 Å². The van der Waals surface area contributed by atoms with Crippen molar-refractivity contribution >= 4 is 27.7 Å². The lowest BCUT2D eigenvalue weighted by molar-refractivity contribution is -0.146. The Morgan fingerprint density at radius 2 is 1.15 bits per heavy atom. The average Bonchev–Trinajstić information content (AvgIpc) is 3.82. The van der Waals surface area contributed by atoms with Crippen LogP contribution in [0.2, 0.25) is 0 Å². The summed E-state index contributed by atoms with van der Waals surface area (Å²) < 4.78 is 67.4. The van der Waals surface area contributed by atoms with Gasteiger partial charge in [0.05, 0.1) is 54.2 Å². The van der Waals surface area contributed by atoms with Gasteiger partial charge in [-0.1, -0.05) is 54.6 Å². The summed E-state index contributed by atoms with van der Waals surface area (Å²) >= 11 is 0. The first-order valence-corrected chi connectivity index (χ1v) is 23.2. The third-order valence-electron chi connectivity index (χ3n) is 11.6. The second kappa shape index (κ2) is 19.1. The first-order valence-electron chi connectivity index (χ1n) is 21.3. The van der Waals surface area contributed by atoms with Crippen LogP contribution in [0.15, 0.2) is 118 Å². The first kappa shape index (κ1) is 45.9. The summed E-state index contributed by atoms with van der Waals surface area (Å²) in [7, 11) is -1.13. The minimum Gasteiger partial charge on any atom is -0.467 e. The summed E-state index contributed by atoms with van der Waals surface area (Å²) in [6.45, 7) is 2.81. The molecule has 4 aromatic heterocycles. The Morgan fingerprint density at radius 1 is 0.687 bits per heavy atom. The molecular weight excluding hydrogens is 889 g/mol. The fourth-order valence-corrected chi connectivity index (χ4v) is 9.01. The number of nitrogens with one attached hydrogen (secondary N) is 1. The number of hydrogen-bond donors (Lipinski definition) is 1. The highest BCUT2D eigenvalue weighted by Gasteiger charge is 2.36. The van der Waals surface area contributed by atoms with Gasteiger partial charge in [-0.05, 0) is 85.7 Å². The second-order valence-corrected chi connectivity index (χ2v) is 17.8. The number of carbonyl (C=O) groups is 2. The average molecular weight is 934 g/mol. The van der Waals surface area contributed by atoms with E-state index >= 15 is 0 Å². The van der Waals surface area contributed by atoms with E-state index in [1.807, 2.05) is 37.3 Å². The highest BCUT2D eigenvalue weighted by Crippen LogP contribution is 2.37. The van der Waals surface area contributed by atoms with Crippen LogP contribution in [0.1, 0.15) is 56.3 Å². The molecule has 0 fully saturated rings. The van der Waals surface area contributed by atoms with Gasteiger partial charge in [0.25, 0.3) is 11.1 Å². The zero-order valence-corrected chi connectivity index (χ0v) is 37.6. The van der Waals surface area contributed by atoms with Crippen molar-refractivity contribution in [3.05, 3.63) is 141 Å². The molecule has 2 aliphatic rings. The Hall–Kier alpha value is -7.61. The second-order valence-electron chi connectivity index (χ2n) is 15.9. The van der Waals surface area contributed by atoms with E-state index in [0.29, 0.717) is 72.8 Å². The van der Waals surface area contributed by atoms with E-state index in [2.05, 4.69) is 20.3 Å². The Kier molecular flexibility index (Phi) is 13.1. The molecule has 3 atom stereocenters. The predicted molar refractivity (Wildman–Crippen MR) is 242 cm³/mol. The van der Waals surface area contributed by atoms with Crippen molar-refractivity contribution in [1.82, 2.24) is 38.7 Å². The molecule has 0 saturated carbocycles. The molecule has 0 bridgehead atoms. The van der Waals surface area contributed by atoms with Crippen LogP contribution in [0.5, 0.6) is 0 Å². The maximum atomic E-state index is 13.7. The molecule has 6 heterocycles. The number of methoxy groups -OCH3 is 2. The van der Waals surface area contributed by atoms with Crippen molar-refractivity contribution in [3.63, 3.8) is 0 Å². The van der Waals surface area contributed by atoms with E-state index in [4.69, 9.17) is 14.5 Å². The SMILES string of the molecule is COC(=O)[C@@H]1CCCn2c(=O)c(-c3ccc(F)cc3)c(-c3ccnc(N[C@@H](C)c4ccccc4)n3)n21.COC(=O)[C@@H]1CCCn2c(=O)c(-c3ccc(F)cc3)c(-c3ccnc(S(C)(=O)=O)n3)n21. The molecule has 0 aliphatic carbocycles. The van der Waals surface area contributed by atoms with Gasteiger partial charge in [0.2, 0.25) is 20.9 Å². The summed E-state index contributed by atoms with van der Waals surface area (Å²) in [5, 5.41) is 2.90. The summed E-state index contributed by atoms with van der Waals surface area (Å²) in [4.78, 5) is 69.3. The number of fused-ring (bicyclic) bond motifs is 2. The first-order chi connectivity index (χ1) is 32.2. The maximum absolute atomic E-state index is 13.7. The van der Waals surface area contributed by atoms with Crippen molar-refractivity contribution in [1.29, 1.82) is 0 Å². The Morgan fingerprint density at radius 3 is 1.61 bits per heavy atom. The van der Waals surface area contributed by atoms with Crippen LogP contribution in [0.3, 0.4) is 0 Å². The Labute approximate surface area is 382 Å². The van der Waals surface area contributed by atoms with Gasteiger partial charge in [0, 0.05) is 31.7 Å². The number of aromatic nitrogens is 8. The molecule has 7 aromatic rings. The Balaban J connectivity index is 0.000000184. The molecule has 0 saturated heterocycles. The van der Waals surface area contributed by atoms with Crippen molar-refractivity contribution in [3.8, 4) is 45.0 Å². The third-order valence-corrected chi connectivity index (χ3v) is 12.5. The van der Waals surface area contributed by atoms with Gasteiger partial charge in [-0.2, -0.15) is 0 Å². The highest BCUT2D eigenvalue weighted by atomic mass is 32.2. The number of benzene rings is 3. The molecule has 0 amide bonds. The molecule has 3 aromatic carbocycles. The summed E-state index contributed by atoms with van der Waals surface area (Å²) in [5.41, 5.74) is 3.26. The number of carbonyl (C=O) groups excluding carboxylic acids is 2. The molecule has 9 rings (SSSR count). The van der Waals surface area contributed by atoms with Crippen molar-refractivity contribution in [2.45, 2.75) is 69.0 Å². The lowest BCUT2D eigenvalue weighted by Gasteiger charge is -2.27. The number of ether oxygens (including phenoxy) is 2. The lowest BCUT2D eigenvalue weighted by atomic mass is 10.0. The van der Waals surface area contributed by atoms with Crippen LogP contribution < -0.4 is 16.4 Å². The number of anilines is 1. The molecule has 0 spiro atoms. The monoisotopic (exact) mass is 933 g/mol. The van der Waals surface area contributed by atoms with Crippen LogP contribution >= 0.6 is 0 Å². The summed E-state index contributed by atoms with van der Waals surface area (Å²) in [6.07, 6.45) is 6.05. The fourth-order valence-electron chi connectivity index (χ4n) is 8.49. The highest BCUT2D eigenvalue weighted by molar-refractivity contribution is 7.90. The van der Waals surface area contributed by atoms with E-state index in [-0.39, 0.29) is 28.6 Å². The van der Waals surface area contributed by atoms with E-state index in [1.54, 1.807) is 33.8 Å². The molecule has 67 heavy (non-hydrogen) atoms. The molecular formula is C47H45F2N9O8S. The largest absolute Gasteiger partial charge is 0.467 e. The number of rotatable bonds is 10. The quantitative estimate of drug-likeness (QED) is 0.116. The van der Waals surface area contributed by atoms with E-state index in [1.165, 1.54) is 72.2 Å². The van der Waals surface area contributed by atoms with Crippen molar-refractivity contribution < 1.29 is 36.3 Å². The number of nitrogens with zero attached hydrogens (tertiary/aromatic N) is 8. The molecule has 20 heteroatoms. The van der Waals surface area contributed by atoms with E-state index in [0.717, 1.165) is 11.8 Å². The van der Waals surface area contributed by atoms with Crippen molar-refractivity contribution in [2.24, 2.45) is 0 Å². The van der Waals surface area contributed by atoms with Crippen LogP contribution in [-0.4, -0.2) is 79.5 Å². The van der Waals surface area contributed by atoms with Gasteiger partial charge < -0.3 is 14.8 Å². The maximum Gasteiger partial charge on any atom is 0.330 e. The molecule has 2 aliphatic heterocycles. The van der Waals surface area contributed by atoms with Crippen molar-refractivity contribution in [2.75, 3.05) is 25.8 Å². The lowest BCUT2D eigenvalue weighted by Crippen LogP contribution is -2.35. The standard InChI is InChI=1S/C27H26FN5O3.C20H19FN4O5S/c1-17(18-7-4-3-5-8-18)30-27-29-15-14-21(31-27)24-23(19-10-12-20(28)13-11-19)25(34)32-16-6-9-22(33(24)32)26(35)36-2;1-30-19(27)15-4-3-11-24-18(26)16(12-5-7-13(21)8-6-12)17(25(15)24)14-9-10-22-20(23-14)31(2,28)29/h3-5,7-8,10-15,17,22H,6,9,16H2,1-2H3,(H,29,30,31);5-10,15H,3-4,11H2,1-2H3/t17-,22-;15-/m00/s1. The normalized spacial score (nSPS) is 15.9. The van der Waals surface area contributed by atoms with Gasteiger partial charge in [-0.15, -0.1) is 0 Å². The third kappa shape index (κ3) is 9.16. The molecule has 0 radical (unpaired) electrons. The topological polar surface area (TPSA) is 204 Å².